The third-order valence-electron chi connectivity index (χ3n) is 3.39. The average molecular weight is 394 g/mol. The molecule has 1 amide bonds. The molecule has 2 rings (SSSR count). The fourth-order valence-corrected chi connectivity index (χ4v) is 3.18. The van der Waals surface area contributed by atoms with Gasteiger partial charge in [-0.25, -0.2) is 8.42 Å². The maximum Gasteiger partial charge on any atom is 0.261 e. The summed E-state index contributed by atoms with van der Waals surface area (Å²) in [4.78, 5) is 11.6. The first-order valence-electron chi connectivity index (χ1n) is 8.08. The molecule has 0 aliphatic rings. The second-order valence-electron chi connectivity index (χ2n) is 5.48. The second kappa shape index (κ2) is 9.91. The molecule has 0 aliphatic carbocycles. The molecule has 2 aromatic carbocycles. The lowest BCUT2D eigenvalue weighted by Crippen LogP contribution is -2.17. The van der Waals surface area contributed by atoms with Gasteiger partial charge >= 0.3 is 0 Å². The SMILES string of the molecule is COCCOc1ccc(S(=O)(=O)Nc2ccc(NC(=O)COC)cc2)cc1. The van der Waals surface area contributed by atoms with Gasteiger partial charge in [-0.1, -0.05) is 0 Å². The molecule has 0 saturated carbocycles. The van der Waals surface area contributed by atoms with Gasteiger partial charge in [-0.3, -0.25) is 9.52 Å². The van der Waals surface area contributed by atoms with Crippen molar-refractivity contribution in [1.29, 1.82) is 0 Å². The van der Waals surface area contributed by atoms with Crippen LogP contribution in [0.1, 0.15) is 0 Å². The number of nitrogens with one attached hydrogen (secondary N) is 2. The molecular formula is C18H22N2O6S. The Labute approximate surface area is 158 Å². The highest BCUT2D eigenvalue weighted by atomic mass is 32.2. The van der Waals surface area contributed by atoms with E-state index in [4.69, 9.17) is 14.2 Å². The number of hydrogen-bond acceptors (Lipinski definition) is 6. The van der Waals surface area contributed by atoms with Crippen LogP contribution < -0.4 is 14.8 Å². The Morgan fingerprint density at radius 1 is 0.889 bits per heavy atom. The van der Waals surface area contributed by atoms with Gasteiger partial charge in [0.2, 0.25) is 5.91 Å². The molecule has 8 nitrogen and oxygen atoms in total. The monoisotopic (exact) mass is 394 g/mol. The molecule has 0 aromatic heterocycles. The summed E-state index contributed by atoms with van der Waals surface area (Å²) in [5.74, 6) is 0.265. The normalized spacial score (nSPS) is 11.0. The number of benzene rings is 2. The zero-order valence-corrected chi connectivity index (χ0v) is 15.9. The molecule has 146 valence electrons. The van der Waals surface area contributed by atoms with E-state index in [1.165, 1.54) is 19.2 Å². The summed E-state index contributed by atoms with van der Waals surface area (Å²) in [6.07, 6.45) is 0. The molecule has 2 aromatic rings. The van der Waals surface area contributed by atoms with Gasteiger partial charge < -0.3 is 19.5 Å². The molecule has 0 atom stereocenters. The lowest BCUT2D eigenvalue weighted by atomic mass is 10.3. The Bertz CT molecular complexity index is 835. The quantitative estimate of drug-likeness (QED) is 0.598. The first-order chi connectivity index (χ1) is 12.9. The van der Waals surface area contributed by atoms with Crippen LogP contribution >= 0.6 is 0 Å². The fraction of sp³-hybridized carbons (Fsp3) is 0.278. The van der Waals surface area contributed by atoms with Crippen molar-refractivity contribution in [3.05, 3.63) is 48.5 Å². The van der Waals surface area contributed by atoms with Crippen molar-refractivity contribution in [2.45, 2.75) is 4.90 Å². The highest BCUT2D eigenvalue weighted by Crippen LogP contribution is 2.20. The number of amides is 1. The molecular weight excluding hydrogens is 372 g/mol. The van der Waals surface area contributed by atoms with E-state index in [2.05, 4.69) is 10.0 Å². The van der Waals surface area contributed by atoms with Crippen molar-refractivity contribution in [3.63, 3.8) is 0 Å². The summed E-state index contributed by atoms with van der Waals surface area (Å²) < 4.78 is 42.4. The Balaban J connectivity index is 2.00. The first kappa shape index (κ1) is 20.7. The lowest BCUT2D eigenvalue weighted by molar-refractivity contribution is -0.119. The Hall–Kier alpha value is -2.62. The van der Waals surface area contributed by atoms with Crippen molar-refractivity contribution >= 4 is 27.3 Å². The van der Waals surface area contributed by atoms with E-state index < -0.39 is 10.0 Å². The van der Waals surface area contributed by atoms with Crippen LogP contribution in [0.3, 0.4) is 0 Å². The number of rotatable bonds is 10. The van der Waals surface area contributed by atoms with Crippen molar-refractivity contribution in [2.75, 3.05) is 44.1 Å². The summed E-state index contributed by atoms with van der Waals surface area (Å²) in [7, 11) is -0.737. The lowest BCUT2D eigenvalue weighted by Gasteiger charge is -2.10. The molecule has 2 N–H and O–H groups in total. The molecule has 0 aliphatic heterocycles. The molecule has 0 fully saturated rings. The summed E-state index contributed by atoms with van der Waals surface area (Å²) in [5.41, 5.74) is 0.915. The average Bonchev–Trinajstić information content (AvgIpc) is 2.64. The Kier molecular flexibility index (Phi) is 7.59. The highest BCUT2D eigenvalue weighted by molar-refractivity contribution is 7.92. The number of methoxy groups -OCH3 is 2. The fourth-order valence-electron chi connectivity index (χ4n) is 2.12. The number of sulfonamides is 1. The Morgan fingerprint density at radius 3 is 2.11 bits per heavy atom. The molecule has 27 heavy (non-hydrogen) atoms. The van der Waals surface area contributed by atoms with Crippen LogP contribution in [0, 0.1) is 0 Å². The molecule has 0 unspecified atom stereocenters. The predicted molar refractivity (Wildman–Crippen MR) is 102 cm³/mol. The number of carbonyl (C=O) groups is 1. The minimum atomic E-state index is -3.74. The van der Waals surface area contributed by atoms with E-state index in [0.29, 0.717) is 30.3 Å². The molecule has 0 heterocycles. The summed E-state index contributed by atoms with van der Waals surface area (Å²) in [6.45, 7) is 0.775. The zero-order valence-electron chi connectivity index (χ0n) is 15.1. The molecule has 0 saturated heterocycles. The summed E-state index contributed by atoms with van der Waals surface area (Å²) in [6, 6.07) is 12.4. The smallest absolute Gasteiger partial charge is 0.261 e. The third kappa shape index (κ3) is 6.55. The number of anilines is 2. The van der Waals surface area contributed by atoms with Crippen molar-refractivity contribution in [3.8, 4) is 5.75 Å². The summed E-state index contributed by atoms with van der Waals surface area (Å²) >= 11 is 0. The van der Waals surface area contributed by atoms with Gasteiger partial charge in [0.05, 0.1) is 11.5 Å². The molecule has 0 bridgehead atoms. The maximum absolute atomic E-state index is 12.5. The van der Waals surface area contributed by atoms with Crippen LogP contribution in [0.2, 0.25) is 0 Å². The maximum atomic E-state index is 12.5. The predicted octanol–water partition coefficient (Wildman–Crippen LogP) is 2.10. The van der Waals surface area contributed by atoms with E-state index >= 15 is 0 Å². The van der Waals surface area contributed by atoms with Crippen molar-refractivity contribution in [2.24, 2.45) is 0 Å². The van der Waals surface area contributed by atoms with E-state index in [9.17, 15) is 13.2 Å². The van der Waals surface area contributed by atoms with Gasteiger partial charge in [-0.05, 0) is 48.5 Å². The van der Waals surface area contributed by atoms with Crippen LogP contribution in [0.25, 0.3) is 0 Å². The molecule has 0 spiro atoms. The van der Waals surface area contributed by atoms with E-state index in [1.807, 2.05) is 0 Å². The van der Waals surface area contributed by atoms with Crippen molar-refractivity contribution < 1.29 is 27.4 Å². The van der Waals surface area contributed by atoms with Crippen LogP contribution in [0.15, 0.2) is 53.4 Å². The zero-order chi connectivity index (χ0) is 19.7. The van der Waals surface area contributed by atoms with Crippen LogP contribution in [-0.2, 0) is 24.3 Å². The minimum absolute atomic E-state index is 0.0560. The number of ether oxygens (including phenoxy) is 3. The first-order valence-corrected chi connectivity index (χ1v) is 9.56. The standard InChI is InChI=1S/C18H22N2O6S/c1-24-11-12-26-16-7-9-17(10-8-16)27(22,23)20-15-5-3-14(4-6-15)19-18(21)13-25-2/h3-10,20H,11-13H2,1-2H3,(H,19,21). The summed E-state index contributed by atoms with van der Waals surface area (Å²) in [5, 5.41) is 2.63. The topological polar surface area (TPSA) is 103 Å². The number of carbonyl (C=O) groups excluding carboxylic acids is 1. The highest BCUT2D eigenvalue weighted by Gasteiger charge is 2.14. The van der Waals surface area contributed by atoms with Crippen molar-refractivity contribution in [1.82, 2.24) is 0 Å². The van der Waals surface area contributed by atoms with Crippen LogP contribution in [0.5, 0.6) is 5.75 Å². The van der Waals surface area contributed by atoms with E-state index in [-0.39, 0.29) is 17.4 Å². The second-order valence-corrected chi connectivity index (χ2v) is 7.16. The van der Waals surface area contributed by atoms with Gasteiger partial charge in [0.25, 0.3) is 10.0 Å². The number of hydrogen-bond donors (Lipinski definition) is 2. The van der Waals surface area contributed by atoms with E-state index in [0.717, 1.165) is 0 Å². The van der Waals surface area contributed by atoms with Gasteiger partial charge in [0.1, 0.15) is 19.0 Å². The van der Waals surface area contributed by atoms with E-state index in [1.54, 1.807) is 43.5 Å². The largest absolute Gasteiger partial charge is 0.491 e. The molecule has 9 heteroatoms. The van der Waals surface area contributed by atoms with Gasteiger partial charge in [0.15, 0.2) is 0 Å². The third-order valence-corrected chi connectivity index (χ3v) is 4.78. The Morgan fingerprint density at radius 2 is 1.52 bits per heavy atom. The van der Waals surface area contributed by atoms with Gasteiger partial charge in [-0.2, -0.15) is 0 Å². The van der Waals surface area contributed by atoms with Gasteiger partial charge in [-0.15, -0.1) is 0 Å². The van der Waals surface area contributed by atoms with Crippen LogP contribution in [0.4, 0.5) is 11.4 Å². The van der Waals surface area contributed by atoms with Gasteiger partial charge in [0, 0.05) is 25.6 Å². The molecule has 0 radical (unpaired) electrons. The van der Waals surface area contributed by atoms with Crippen LogP contribution in [-0.4, -0.2) is 48.4 Å². The minimum Gasteiger partial charge on any atom is -0.491 e.